The lowest BCUT2D eigenvalue weighted by Gasteiger charge is -2.18. The Kier molecular flexibility index (Phi) is 6.24. The Morgan fingerprint density at radius 1 is 1.08 bits per heavy atom. The number of carbonyl (C=O) groups is 1. The first-order valence-electron chi connectivity index (χ1n) is 8.13. The lowest BCUT2D eigenvalue weighted by atomic mass is 10.0. The van der Waals surface area contributed by atoms with Crippen molar-refractivity contribution >= 4 is 5.91 Å². The summed E-state index contributed by atoms with van der Waals surface area (Å²) in [7, 11) is 1.64. The minimum Gasteiger partial charge on any atom is -0.496 e. The third-order valence-corrected chi connectivity index (χ3v) is 3.85. The van der Waals surface area contributed by atoms with E-state index in [0.717, 1.165) is 22.6 Å². The summed E-state index contributed by atoms with van der Waals surface area (Å²) in [4.78, 5) is 12.1. The summed E-state index contributed by atoms with van der Waals surface area (Å²) in [6, 6.07) is 13.6. The fourth-order valence-electron chi connectivity index (χ4n) is 2.48. The molecule has 4 heteroatoms. The van der Waals surface area contributed by atoms with Gasteiger partial charge < -0.3 is 14.8 Å². The van der Waals surface area contributed by atoms with E-state index in [-0.39, 0.29) is 11.9 Å². The molecule has 1 atom stereocenters. The largest absolute Gasteiger partial charge is 0.496 e. The predicted molar refractivity (Wildman–Crippen MR) is 95.6 cm³/mol. The number of carbonyl (C=O) groups excluding carboxylic acids is 1. The van der Waals surface area contributed by atoms with Crippen LogP contribution in [0.25, 0.3) is 0 Å². The van der Waals surface area contributed by atoms with E-state index in [1.807, 2.05) is 63.2 Å². The number of benzene rings is 2. The van der Waals surface area contributed by atoms with E-state index in [0.29, 0.717) is 13.0 Å². The molecule has 2 rings (SSSR count). The van der Waals surface area contributed by atoms with E-state index in [4.69, 9.17) is 9.47 Å². The van der Waals surface area contributed by atoms with Gasteiger partial charge in [-0.3, -0.25) is 4.79 Å². The molecule has 2 aromatic carbocycles. The highest BCUT2D eigenvalue weighted by molar-refractivity contribution is 5.76. The van der Waals surface area contributed by atoms with Crippen LogP contribution in [0.2, 0.25) is 0 Å². The minimum atomic E-state index is -0.119. The number of aryl methyl sites for hydroxylation is 2. The maximum atomic E-state index is 12.1. The zero-order chi connectivity index (χ0) is 17.5. The second kappa shape index (κ2) is 8.39. The van der Waals surface area contributed by atoms with Crippen molar-refractivity contribution in [3.05, 3.63) is 59.2 Å². The maximum absolute atomic E-state index is 12.1. The molecule has 0 radical (unpaired) electrons. The molecule has 0 aromatic heterocycles. The molecule has 0 aliphatic rings. The standard InChI is InChI=1S/C20H25NO3/c1-14-5-8-17(9-6-14)24-12-11-20(22)21-16(3)18-13-15(2)7-10-19(18)23-4/h5-10,13,16H,11-12H2,1-4H3,(H,21,22)/t16-/m1/s1. The van der Waals surface area contributed by atoms with E-state index in [1.54, 1.807) is 7.11 Å². The van der Waals surface area contributed by atoms with Crippen molar-refractivity contribution in [3.63, 3.8) is 0 Å². The third kappa shape index (κ3) is 5.01. The average molecular weight is 327 g/mol. The van der Waals surface area contributed by atoms with Crippen molar-refractivity contribution in [1.82, 2.24) is 5.32 Å². The summed E-state index contributed by atoms with van der Waals surface area (Å²) in [5.41, 5.74) is 3.29. The van der Waals surface area contributed by atoms with Gasteiger partial charge in [-0.05, 0) is 39.0 Å². The first-order chi connectivity index (χ1) is 11.5. The Balaban J connectivity index is 1.85. The van der Waals surface area contributed by atoms with Crippen LogP contribution in [0.4, 0.5) is 0 Å². The summed E-state index contributed by atoms with van der Waals surface area (Å²) in [6.07, 6.45) is 0.312. The van der Waals surface area contributed by atoms with Crippen LogP contribution in [0, 0.1) is 13.8 Å². The molecule has 128 valence electrons. The second-order valence-corrected chi connectivity index (χ2v) is 5.95. The molecule has 0 bridgehead atoms. The van der Waals surface area contributed by atoms with Gasteiger partial charge in [-0.25, -0.2) is 0 Å². The minimum absolute atomic E-state index is 0.0434. The van der Waals surface area contributed by atoms with E-state index in [2.05, 4.69) is 5.32 Å². The van der Waals surface area contributed by atoms with Crippen LogP contribution >= 0.6 is 0 Å². The van der Waals surface area contributed by atoms with E-state index in [9.17, 15) is 4.79 Å². The zero-order valence-electron chi connectivity index (χ0n) is 14.8. The molecule has 2 aromatic rings. The van der Waals surface area contributed by atoms with Crippen molar-refractivity contribution in [1.29, 1.82) is 0 Å². The van der Waals surface area contributed by atoms with Gasteiger partial charge in [0, 0.05) is 5.56 Å². The lowest BCUT2D eigenvalue weighted by molar-refractivity contribution is -0.122. The molecule has 1 N–H and O–H groups in total. The Labute approximate surface area is 143 Å². The van der Waals surface area contributed by atoms with E-state index < -0.39 is 0 Å². The van der Waals surface area contributed by atoms with Gasteiger partial charge in [-0.1, -0.05) is 35.4 Å². The fraction of sp³-hybridized carbons (Fsp3) is 0.350. The van der Waals surface area contributed by atoms with Crippen LogP contribution < -0.4 is 14.8 Å². The van der Waals surface area contributed by atoms with Crippen LogP contribution in [0.5, 0.6) is 11.5 Å². The van der Waals surface area contributed by atoms with Gasteiger partial charge in [0.1, 0.15) is 11.5 Å². The monoisotopic (exact) mass is 327 g/mol. The first kappa shape index (κ1) is 17.9. The highest BCUT2D eigenvalue weighted by Crippen LogP contribution is 2.26. The van der Waals surface area contributed by atoms with Crippen LogP contribution in [-0.2, 0) is 4.79 Å². The molecule has 0 aliphatic heterocycles. The molecule has 0 aliphatic carbocycles. The van der Waals surface area contributed by atoms with Crippen LogP contribution in [0.3, 0.4) is 0 Å². The molecule has 1 amide bonds. The third-order valence-electron chi connectivity index (χ3n) is 3.85. The van der Waals surface area contributed by atoms with Crippen molar-refractivity contribution < 1.29 is 14.3 Å². The summed E-state index contributed by atoms with van der Waals surface area (Å²) in [5, 5.41) is 2.99. The Morgan fingerprint density at radius 3 is 2.42 bits per heavy atom. The average Bonchev–Trinajstić information content (AvgIpc) is 2.56. The SMILES string of the molecule is COc1ccc(C)cc1[C@@H](C)NC(=O)CCOc1ccc(C)cc1. The van der Waals surface area contributed by atoms with Crippen LogP contribution in [-0.4, -0.2) is 19.6 Å². The summed E-state index contributed by atoms with van der Waals surface area (Å²) >= 11 is 0. The van der Waals surface area contributed by atoms with Crippen molar-refractivity contribution in [2.45, 2.75) is 33.2 Å². The number of hydrogen-bond donors (Lipinski definition) is 1. The first-order valence-corrected chi connectivity index (χ1v) is 8.13. The van der Waals surface area contributed by atoms with Crippen molar-refractivity contribution in [3.8, 4) is 11.5 Å². The molecule has 0 fully saturated rings. The summed E-state index contributed by atoms with van der Waals surface area (Å²) in [6.45, 7) is 6.35. The summed E-state index contributed by atoms with van der Waals surface area (Å²) < 4.78 is 11.0. The molecule has 4 nitrogen and oxygen atoms in total. The Morgan fingerprint density at radius 2 is 1.75 bits per heavy atom. The van der Waals surface area contributed by atoms with Gasteiger partial charge in [-0.15, -0.1) is 0 Å². The lowest BCUT2D eigenvalue weighted by Crippen LogP contribution is -2.28. The van der Waals surface area contributed by atoms with E-state index in [1.165, 1.54) is 5.56 Å². The normalized spacial score (nSPS) is 11.7. The Bertz CT molecular complexity index is 680. The molecule has 0 heterocycles. The highest BCUT2D eigenvalue weighted by atomic mass is 16.5. The highest BCUT2D eigenvalue weighted by Gasteiger charge is 2.14. The molecular weight excluding hydrogens is 302 g/mol. The number of nitrogens with one attached hydrogen (secondary N) is 1. The quantitative estimate of drug-likeness (QED) is 0.837. The fourth-order valence-corrected chi connectivity index (χ4v) is 2.48. The zero-order valence-corrected chi connectivity index (χ0v) is 14.8. The van der Waals surface area contributed by atoms with Crippen molar-refractivity contribution in [2.24, 2.45) is 0 Å². The van der Waals surface area contributed by atoms with Crippen molar-refractivity contribution in [2.75, 3.05) is 13.7 Å². The second-order valence-electron chi connectivity index (χ2n) is 5.95. The summed E-state index contributed by atoms with van der Waals surface area (Å²) in [5.74, 6) is 1.52. The van der Waals surface area contributed by atoms with Crippen LogP contribution in [0.1, 0.15) is 36.1 Å². The molecule has 0 unspecified atom stereocenters. The number of rotatable bonds is 7. The van der Waals surface area contributed by atoms with Gasteiger partial charge in [0.2, 0.25) is 5.91 Å². The molecule has 0 saturated heterocycles. The molecular formula is C20H25NO3. The van der Waals surface area contributed by atoms with Gasteiger partial charge >= 0.3 is 0 Å². The molecule has 0 saturated carbocycles. The number of ether oxygens (including phenoxy) is 2. The van der Waals surface area contributed by atoms with Gasteiger partial charge in [-0.2, -0.15) is 0 Å². The maximum Gasteiger partial charge on any atom is 0.223 e. The number of amides is 1. The predicted octanol–water partition coefficient (Wildman–Crippen LogP) is 3.96. The van der Waals surface area contributed by atoms with E-state index >= 15 is 0 Å². The number of hydrogen-bond acceptors (Lipinski definition) is 3. The van der Waals surface area contributed by atoms with Crippen LogP contribution in [0.15, 0.2) is 42.5 Å². The topological polar surface area (TPSA) is 47.6 Å². The van der Waals surface area contributed by atoms with Gasteiger partial charge in [0.25, 0.3) is 0 Å². The smallest absolute Gasteiger partial charge is 0.223 e. The molecule has 24 heavy (non-hydrogen) atoms. The number of methoxy groups -OCH3 is 1. The van der Waals surface area contributed by atoms with Gasteiger partial charge in [0.05, 0.1) is 26.2 Å². The molecule has 0 spiro atoms. The Hall–Kier alpha value is -2.49. The van der Waals surface area contributed by atoms with Gasteiger partial charge in [0.15, 0.2) is 0 Å².